The first kappa shape index (κ1) is 18.6. The van der Waals surface area contributed by atoms with Crippen molar-refractivity contribution in [2.45, 2.75) is 23.8 Å². The molecule has 4 nitrogen and oxygen atoms in total. The minimum Gasteiger partial charge on any atom is -0.349 e. The Kier molecular flexibility index (Phi) is 6.34. The Balaban J connectivity index is 1.64. The largest absolute Gasteiger partial charge is 0.349 e. The summed E-state index contributed by atoms with van der Waals surface area (Å²) in [4.78, 5) is 28.5. The summed E-state index contributed by atoms with van der Waals surface area (Å²) in [7, 11) is 3.56. The molecule has 0 spiro atoms. The number of hydrogen-bond donors (Lipinski definition) is 0. The second-order valence-corrected chi connectivity index (χ2v) is 9.60. The van der Waals surface area contributed by atoms with Crippen molar-refractivity contribution in [3.8, 4) is 0 Å². The topological polar surface area (TPSA) is 40.6 Å². The predicted molar refractivity (Wildman–Crippen MR) is 106 cm³/mol. The number of piperidine rings is 1. The molecule has 1 atom stereocenters. The molecule has 0 bridgehead atoms. The first-order valence-corrected chi connectivity index (χ1v) is 11.0. The summed E-state index contributed by atoms with van der Waals surface area (Å²) in [6.07, 6.45) is 3.05. The maximum atomic E-state index is 12.8. The molecule has 2 aliphatic heterocycles. The Morgan fingerprint density at radius 3 is 2.40 bits per heavy atom. The van der Waals surface area contributed by atoms with Crippen LogP contribution in [0.4, 0.5) is 0 Å². The van der Waals surface area contributed by atoms with E-state index >= 15 is 0 Å². The van der Waals surface area contributed by atoms with E-state index in [4.69, 9.17) is 0 Å². The van der Waals surface area contributed by atoms with E-state index in [1.165, 1.54) is 23.5 Å². The number of hydrogen-bond acceptors (Lipinski definition) is 4. The fraction of sp³-hybridized carbons (Fsp3) is 0.579. The number of carbonyl (C=O) groups is 2. The van der Waals surface area contributed by atoms with Gasteiger partial charge >= 0.3 is 0 Å². The first-order chi connectivity index (χ1) is 12.1. The molecule has 0 unspecified atom stereocenters. The number of nitrogens with zero attached hydrogens (tertiary/aromatic N) is 2. The Morgan fingerprint density at radius 1 is 1.08 bits per heavy atom. The Morgan fingerprint density at radius 2 is 1.76 bits per heavy atom. The molecule has 2 amide bonds. The molecule has 25 heavy (non-hydrogen) atoms. The molecule has 2 fully saturated rings. The van der Waals surface area contributed by atoms with Gasteiger partial charge in [-0.2, -0.15) is 0 Å². The maximum Gasteiger partial charge on any atom is 0.253 e. The van der Waals surface area contributed by atoms with Crippen LogP contribution in [0.2, 0.25) is 0 Å². The molecule has 2 heterocycles. The van der Waals surface area contributed by atoms with E-state index in [0.29, 0.717) is 11.1 Å². The van der Waals surface area contributed by atoms with Crippen LogP contribution in [0, 0.1) is 5.92 Å². The Labute approximate surface area is 158 Å². The molecule has 0 saturated carbocycles. The molecule has 2 aliphatic rings. The van der Waals surface area contributed by atoms with Crippen molar-refractivity contribution >= 4 is 35.3 Å². The predicted octanol–water partition coefficient (Wildman–Crippen LogP) is 3.50. The molecule has 136 valence electrons. The third-order valence-electron chi connectivity index (χ3n) is 4.76. The van der Waals surface area contributed by atoms with Crippen molar-refractivity contribution in [1.82, 2.24) is 9.80 Å². The van der Waals surface area contributed by atoms with Crippen molar-refractivity contribution < 1.29 is 9.59 Å². The summed E-state index contributed by atoms with van der Waals surface area (Å²) in [6, 6.07) is 8.08. The minimum atomic E-state index is -0.0676. The maximum absolute atomic E-state index is 12.8. The molecule has 0 N–H and O–H groups in total. The number of amides is 2. The lowest BCUT2D eigenvalue weighted by Gasteiger charge is -2.33. The number of likely N-dealkylation sites (tertiary alicyclic amines) is 1. The van der Waals surface area contributed by atoms with Crippen LogP contribution >= 0.6 is 23.5 Å². The van der Waals surface area contributed by atoms with Crippen LogP contribution in [0.15, 0.2) is 24.3 Å². The lowest BCUT2D eigenvalue weighted by Crippen LogP contribution is -2.45. The third-order valence-corrected chi connectivity index (χ3v) is 7.77. The summed E-state index contributed by atoms with van der Waals surface area (Å²) in [5.74, 6) is 2.54. The zero-order valence-electron chi connectivity index (χ0n) is 14.9. The number of carbonyl (C=O) groups excluding carboxylic acids is 2. The second kappa shape index (κ2) is 8.49. The van der Waals surface area contributed by atoms with Crippen molar-refractivity contribution in [2.75, 3.05) is 38.7 Å². The van der Waals surface area contributed by atoms with Gasteiger partial charge < -0.3 is 9.80 Å². The van der Waals surface area contributed by atoms with E-state index in [1.807, 2.05) is 40.6 Å². The molecule has 1 aromatic carbocycles. The second-order valence-electron chi connectivity index (χ2n) is 6.87. The molecule has 0 aromatic heterocycles. The standard InChI is InChI=1S/C19H26N2O2S2/c1-20(2)17(22)16-5-3-10-21(13-16)18(23)14-6-8-15(9-7-14)19-24-11-4-12-25-19/h6-9,16,19H,3-5,10-13H2,1-2H3/t16-/m1/s1. The highest BCUT2D eigenvalue weighted by Crippen LogP contribution is 2.43. The SMILES string of the molecule is CN(C)C(=O)[C@@H]1CCCN(C(=O)c2ccc(C3SCCCS3)cc2)C1. The van der Waals surface area contributed by atoms with Crippen molar-refractivity contribution in [3.05, 3.63) is 35.4 Å². The number of benzene rings is 1. The monoisotopic (exact) mass is 378 g/mol. The molecule has 1 aromatic rings. The summed E-state index contributed by atoms with van der Waals surface area (Å²) >= 11 is 3.98. The normalized spacial score (nSPS) is 21.8. The van der Waals surface area contributed by atoms with Crippen LogP contribution in [0.1, 0.15) is 39.8 Å². The zero-order valence-corrected chi connectivity index (χ0v) is 16.6. The molecule has 2 saturated heterocycles. The summed E-state index contributed by atoms with van der Waals surface area (Å²) in [6.45, 7) is 1.28. The molecule has 0 radical (unpaired) electrons. The van der Waals surface area contributed by atoms with Gasteiger partial charge in [-0.05, 0) is 48.5 Å². The van der Waals surface area contributed by atoms with Crippen LogP contribution in [-0.4, -0.2) is 60.3 Å². The average Bonchev–Trinajstić information content (AvgIpc) is 2.67. The lowest BCUT2D eigenvalue weighted by molar-refractivity contribution is -0.134. The average molecular weight is 379 g/mol. The van der Waals surface area contributed by atoms with Crippen LogP contribution in [-0.2, 0) is 4.79 Å². The van der Waals surface area contributed by atoms with E-state index in [2.05, 4.69) is 12.1 Å². The van der Waals surface area contributed by atoms with Gasteiger partial charge in [-0.15, -0.1) is 23.5 Å². The van der Waals surface area contributed by atoms with Crippen molar-refractivity contribution in [2.24, 2.45) is 5.92 Å². The van der Waals surface area contributed by atoms with E-state index in [1.54, 1.807) is 19.0 Å². The van der Waals surface area contributed by atoms with Gasteiger partial charge in [-0.1, -0.05) is 12.1 Å². The van der Waals surface area contributed by atoms with Crippen LogP contribution in [0.3, 0.4) is 0 Å². The van der Waals surface area contributed by atoms with Crippen LogP contribution < -0.4 is 0 Å². The Bertz CT molecular complexity index is 612. The van der Waals surface area contributed by atoms with E-state index in [-0.39, 0.29) is 17.7 Å². The van der Waals surface area contributed by atoms with Gasteiger partial charge in [-0.25, -0.2) is 0 Å². The first-order valence-electron chi connectivity index (χ1n) is 8.90. The summed E-state index contributed by atoms with van der Waals surface area (Å²) in [5, 5.41) is 0. The van der Waals surface area contributed by atoms with Crippen molar-refractivity contribution in [3.63, 3.8) is 0 Å². The summed E-state index contributed by atoms with van der Waals surface area (Å²) in [5.41, 5.74) is 2.03. The smallest absolute Gasteiger partial charge is 0.253 e. The summed E-state index contributed by atoms with van der Waals surface area (Å²) < 4.78 is 0.495. The molecular formula is C19H26N2O2S2. The van der Waals surface area contributed by atoms with Crippen LogP contribution in [0.25, 0.3) is 0 Å². The highest BCUT2D eigenvalue weighted by molar-refractivity contribution is 8.16. The zero-order chi connectivity index (χ0) is 17.8. The highest BCUT2D eigenvalue weighted by Gasteiger charge is 2.29. The minimum absolute atomic E-state index is 0.0479. The fourth-order valence-corrected chi connectivity index (χ4v) is 6.27. The van der Waals surface area contributed by atoms with Gasteiger partial charge in [0.05, 0.1) is 10.5 Å². The quantitative estimate of drug-likeness (QED) is 0.807. The van der Waals surface area contributed by atoms with Gasteiger partial charge in [0.2, 0.25) is 5.91 Å². The molecule has 0 aliphatic carbocycles. The van der Waals surface area contributed by atoms with Gasteiger partial charge in [0.25, 0.3) is 5.91 Å². The fourth-order valence-electron chi connectivity index (χ4n) is 3.37. The Hall–Kier alpha value is -1.14. The van der Waals surface area contributed by atoms with Gasteiger partial charge in [0.1, 0.15) is 0 Å². The van der Waals surface area contributed by atoms with Gasteiger partial charge in [-0.3, -0.25) is 9.59 Å². The number of thioether (sulfide) groups is 2. The third kappa shape index (κ3) is 4.53. The molecule has 3 rings (SSSR count). The molecule has 6 heteroatoms. The lowest BCUT2D eigenvalue weighted by atomic mass is 9.96. The van der Waals surface area contributed by atoms with E-state index in [9.17, 15) is 9.59 Å². The van der Waals surface area contributed by atoms with Gasteiger partial charge in [0.15, 0.2) is 0 Å². The van der Waals surface area contributed by atoms with Crippen molar-refractivity contribution in [1.29, 1.82) is 0 Å². The number of rotatable bonds is 3. The van der Waals surface area contributed by atoms with E-state index < -0.39 is 0 Å². The molecular weight excluding hydrogens is 352 g/mol. The van der Waals surface area contributed by atoms with E-state index in [0.717, 1.165) is 24.9 Å². The highest BCUT2D eigenvalue weighted by atomic mass is 32.2. The van der Waals surface area contributed by atoms with Gasteiger partial charge in [0, 0.05) is 32.7 Å². The van der Waals surface area contributed by atoms with Crippen LogP contribution in [0.5, 0.6) is 0 Å².